The molecule has 0 aliphatic heterocycles. The van der Waals surface area contributed by atoms with E-state index < -0.39 is 12.1 Å². The highest BCUT2D eigenvalue weighted by Crippen LogP contribution is 2.36. The lowest BCUT2D eigenvalue weighted by atomic mass is 10.1. The fourth-order valence-corrected chi connectivity index (χ4v) is 2.95. The fraction of sp³-hybridized carbons (Fsp3) is 0.130. The second-order valence-electron chi connectivity index (χ2n) is 5.87. The summed E-state index contributed by atoms with van der Waals surface area (Å²) in [5.41, 5.74) is 2.33. The third-order valence-electron chi connectivity index (χ3n) is 4.04. The van der Waals surface area contributed by atoms with E-state index in [1.165, 1.54) is 0 Å². The molecule has 0 saturated carbocycles. The first kappa shape index (κ1) is 20.4. The minimum Gasteiger partial charge on any atom is -0.478 e. The maximum Gasteiger partial charge on any atom is 0.349 e. The minimum absolute atomic E-state index is 0.311. The molecule has 5 nitrogen and oxygen atoms in total. The van der Waals surface area contributed by atoms with E-state index in [4.69, 9.17) is 20.8 Å². The van der Waals surface area contributed by atoms with Gasteiger partial charge in [0.05, 0.1) is 5.56 Å². The molecule has 148 valence electrons. The summed E-state index contributed by atoms with van der Waals surface area (Å²) < 4.78 is 11.6. The molecule has 0 radical (unpaired) electrons. The lowest BCUT2D eigenvalue weighted by Crippen LogP contribution is -2.18. The van der Waals surface area contributed by atoms with Crippen LogP contribution in [0.5, 0.6) is 5.75 Å². The summed E-state index contributed by atoms with van der Waals surface area (Å²) in [6.07, 6.45) is -1.17. The van der Waals surface area contributed by atoms with E-state index in [1.54, 1.807) is 48.5 Å². The molecule has 0 saturated heterocycles. The zero-order valence-electron chi connectivity index (χ0n) is 16.0. The average molecular weight is 410 g/mol. The Hall–Kier alpha value is -3.31. The molecule has 4 aromatic rings. The number of aromatic nitrogens is 1. The number of hydrogen-bond acceptors (Lipinski definition) is 4. The van der Waals surface area contributed by atoms with E-state index in [2.05, 4.69) is 4.98 Å². The van der Waals surface area contributed by atoms with Gasteiger partial charge < -0.3 is 14.3 Å². The van der Waals surface area contributed by atoms with Gasteiger partial charge in [0, 0.05) is 10.6 Å². The molecule has 1 heterocycles. The van der Waals surface area contributed by atoms with Gasteiger partial charge in [0.1, 0.15) is 11.3 Å². The van der Waals surface area contributed by atoms with Gasteiger partial charge in [0.25, 0.3) is 0 Å². The monoisotopic (exact) mass is 409 g/mol. The molecule has 29 heavy (non-hydrogen) atoms. The Morgan fingerprint density at radius 1 is 1.03 bits per heavy atom. The number of nitrogens with zero attached hydrogens (tertiary/aromatic N) is 1. The molecule has 3 aromatic carbocycles. The van der Waals surface area contributed by atoms with Crippen LogP contribution in [0.1, 0.15) is 25.5 Å². The summed E-state index contributed by atoms with van der Waals surface area (Å²) in [5.74, 6) is -0.465. The fourth-order valence-electron chi connectivity index (χ4n) is 2.78. The number of fused-ring (bicyclic) bond motifs is 1. The smallest absolute Gasteiger partial charge is 0.349 e. The molecule has 0 bridgehead atoms. The Balaban J connectivity index is 0.00000117. The molecule has 0 fully saturated rings. The molecule has 0 aliphatic rings. The molecule has 0 amide bonds. The highest BCUT2D eigenvalue weighted by atomic mass is 35.5. The number of aliphatic carboxylic acids is 1. The zero-order valence-corrected chi connectivity index (χ0v) is 16.8. The van der Waals surface area contributed by atoms with E-state index in [9.17, 15) is 9.90 Å². The molecule has 1 atom stereocenters. The van der Waals surface area contributed by atoms with Crippen LogP contribution in [0.2, 0.25) is 5.02 Å². The van der Waals surface area contributed by atoms with Gasteiger partial charge in [0.2, 0.25) is 12.0 Å². The number of ether oxygens (including phenoxy) is 1. The molecule has 1 unspecified atom stereocenters. The van der Waals surface area contributed by atoms with Crippen LogP contribution in [0, 0.1) is 0 Å². The maximum atomic E-state index is 11.8. The molecule has 4 rings (SSSR count). The third-order valence-corrected chi connectivity index (χ3v) is 4.27. The maximum absolute atomic E-state index is 11.8. The number of hydrogen-bond donors (Lipinski definition) is 1. The Labute approximate surface area is 173 Å². The summed E-state index contributed by atoms with van der Waals surface area (Å²) in [6, 6.07) is 21.0. The number of carboxylic acids is 1. The Kier molecular flexibility index (Phi) is 6.52. The number of carbonyl (C=O) groups is 1. The van der Waals surface area contributed by atoms with Crippen LogP contribution < -0.4 is 4.74 Å². The Morgan fingerprint density at radius 3 is 2.41 bits per heavy atom. The van der Waals surface area contributed by atoms with Crippen molar-refractivity contribution in [1.29, 1.82) is 0 Å². The Morgan fingerprint density at radius 2 is 1.72 bits per heavy atom. The molecule has 6 heteroatoms. The third kappa shape index (κ3) is 4.58. The van der Waals surface area contributed by atoms with Gasteiger partial charge in [-0.05, 0) is 30.3 Å². The lowest BCUT2D eigenvalue weighted by Gasteiger charge is -2.17. The Bertz CT molecular complexity index is 1080. The van der Waals surface area contributed by atoms with E-state index >= 15 is 0 Å². The van der Waals surface area contributed by atoms with Crippen molar-refractivity contribution in [2.45, 2.75) is 20.0 Å². The minimum atomic E-state index is -1.17. The van der Waals surface area contributed by atoms with Gasteiger partial charge in [-0.2, -0.15) is 0 Å². The highest BCUT2D eigenvalue weighted by Gasteiger charge is 2.24. The van der Waals surface area contributed by atoms with Gasteiger partial charge in [0.15, 0.2) is 5.58 Å². The zero-order chi connectivity index (χ0) is 20.8. The topological polar surface area (TPSA) is 72.6 Å². The van der Waals surface area contributed by atoms with Gasteiger partial charge in [-0.1, -0.05) is 67.9 Å². The largest absolute Gasteiger partial charge is 0.478 e. The van der Waals surface area contributed by atoms with Crippen molar-refractivity contribution in [1.82, 2.24) is 4.98 Å². The van der Waals surface area contributed by atoms with Crippen molar-refractivity contribution in [3.8, 4) is 17.2 Å². The molecule has 1 aromatic heterocycles. The van der Waals surface area contributed by atoms with Crippen LogP contribution in [0.15, 0.2) is 77.2 Å². The van der Waals surface area contributed by atoms with E-state index in [0.29, 0.717) is 38.9 Å². The second kappa shape index (κ2) is 9.26. The normalized spacial score (nSPS) is 11.4. The van der Waals surface area contributed by atoms with E-state index in [1.807, 2.05) is 38.1 Å². The standard InChI is InChI=1S/C21H14ClNO4.C2H6/c22-14-10-11-17(26-19(21(24)25)13-6-2-1-3-7-13)15(12-14)20-23-16-8-4-5-9-18(16)27-20;1-2/h1-12,19H,(H,24,25);1-2H3. The second-order valence-corrected chi connectivity index (χ2v) is 6.31. The highest BCUT2D eigenvalue weighted by molar-refractivity contribution is 6.30. The van der Waals surface area contributed by atoms with Gasteiger partial charge in [-0.15, -0.1) is 0 Å². The van der Waals surface area contributed by atoms with Crippen LogP contribution in [-0.2, 0) is 4.79 Å². The van der Waals surface area contributed by atoms with Crippen molar-refractivity contribution in [3.05, 3.63) is 83.4 Å². The van der Waals surface area contributed by atoms with Crippen LogP contribution in [0.25, 0.3) is 22.6 Å². The van der Waals surface area contributed by atoms with Crippen molar-refractivity contribution >= 4 is 28.7 Å². The quantitative estimate of drug-likeness (QED) is 0.414. The molecular formula is C23H20ClNO4. The molecule has 1 N–H and O–H groups in total. The van der Waals surface area contributed by atoms with Crippen molar-refractivity contribution < 1.29 is 19.1 Å². The first-order valence-corrected chi connectivity index (χ1v) is 9.59. The number of benzene rings is 3. The van der Waals surface area contributed by atoms with Crippen LogP contribution in [-0.4, -0.2) is 16.1 Å². The van der Waals surface area contributed by atoms with Crippen LogP contribution in [0.3, 0.4) is 0 Å². The van der Waals surface area contributed by atoms with Crippen molar-refractivity contribution in [3.63, 3.8) is 0 Å². The number of rotatable bonds is 5. The SMILES string of the molecule is CC.O=C(O)C(Oc1ccc(Cl)cc1-c1nc2ccccc2o1)c1ccccc1. The lowest BCUT2D eigenvalue weighted by molar-refractivity contribution is -0.145. The summed E-state index contributed by atoms with van der Waals surface area (Å²) in [6.45, 7) is 4.00. The van der Waals surface area contributed by atoms with E-state index in [0.717, 1.165) is 0 Å². The molecular weight excluding hydrogens is 390 g/mol. The number of carboxylic acid groups (broad SMARTS) is 1. The number of halogens is 1. The number of para-hydroxylation sites is 2. The van der Waals surface area contributed by atoms with Gasteiger partial charge in [-0.25, -0.2) is 9.78 Å². The molecule has 0 spiro atoms. The predicted molar refractivity (Wildman–Crippen MR) is 113 cm³/mol. The van der Waals surface area contributed by atoms with Crippen LogP contribution in [0.4, 0.5) is 0 Å². The van der Waals surface area contributed by atoms with Crippen molar-refractivity contribution in [2.24, 2.45) is 0 Å². The van der Waals surface area contributed by atoms with Crippen molar-refractivity contribution in [2.75, 3.05) is 0 Å². The number of oxazole rings is 1. The average Bonchev–Trinajstić information content (AvgIpc) is 3.19. The van der Waals surface area contributed by atoms with Gasteiger partial charge >= 0.3 is 5.97 Å². The molecule has 0 aliphatic carbocycles. The summed E-state index contributed by atoms with van der Waals surface area (Å²) in [4.78, 5) is 16.2. The predicted octanol–water partition coefficient (Wildman–Crippen LogP) is 6.38. The van der Waals surface area contributed by atoms with Gasteiger partial charge in [-0.3, -0.25) is 0 Å². The van der Waals surface area contributed by atoms with Crippen LogP contribution >= 0.6 is 11.6 Å². The van der Waals surface area contributed by atoms with E-state index in [-0.39, 0.29) is 0 Å². The summed E-state index contributed by atoms with van der Waals surface area (Å²) in [7, 11) is 0. The summed E-state index contributed by atoms with van der Waals surface area (Å²) in [5, 5.41) is 10.1. The summed E-state index contributed by atoms with van der Waals surface area (Å²) >= 11 is 6.14. The first-order chi connectivity index (χ1) is 14.1. The first-order valence-electron chi connectivity index (χ1n) is 9.22.